The molecule has 0 N–H and O–H groups in total. The lowest BCUT2D eigenvalue weighted by atomic mass is 9.70. The summed E-state index contributed by atoms with van der Waals surface area (Å²) >= 11 is 0. The smallest absolute Gasteiger partial charge is 0.143 e. The van der Waals surface area contributed by atoms with Crippen LogP contribution in [0.25, 0.3) is 144 Å². The zero-order valence-corrected chi connectivity index (χ0v) is 70.1. The summed E-state index contributed by atoms with van der Waals surface area (Å²) in [4.78, 5) is 2.60. The van der Waals surface area contributed by atoms with Crippen molar-refractivity contribution in [2.24, 2.45) is 0 Å². The van der Waals surface area contributed by atoms with Gasteiger partial charge in [-0.2, -0.15) is 0 Å². The van der Waals surface area contributed by atoms with E-state index < -0.39 is 5.41 Å². The van der Waals surface area contributed by atoms with Crippen molar-refractivity contribution in [2.45, 2.75) is 193 Å². The molecule has 2 heterocycles. The molecule has 3 heteroatoms. The quantitative estimate of drug-likeness (QED) is 0.0802. The number of hydrogen-bond acceptors (Lipinski definition) is 3. The Morgan fingerprint density at radius 2 is 0.667 bits per heavy atom. The predicted octanol–water partition coefficient (Wildman–Crippen LogP) is 32.5. The van der Waals surface area contributed by atoms with Gasteiger partial charge in [0.2, 0.25) is 0 Å². The van der Waals surface area contributed by atoms with Gasteiger partial charge in [0, 0.05) is 76.5 Å². The second-order valence-electron chi connectivity index (χ2n) is 38.0. The number of nitrogens with zero attached hydrogens (tertiary/aromatic N) is 1. The first kappa shape index (κ1) is 72.0. The highest BCUT2D eigenvalue weighted by Gasteiger charge is 2.48. The number of hydrogen-bond donors (Lipinski definition) is 0. The van der Waals surface area contributed by atoms with E-state index in [9.17, 15) is 0 Å². The number of para-hydroxylation sites is 2. The minimum atomic E-state index is -0.404. The minimum absolute atomic E-state index is 0.0412. The molecule has 22 rings (SSSR count). The largest absolute Gasteiger partial charge is 0.456 e. The van der Waals surface area contributed by atoms with Gasteiger partial charge < -0.3 is 13.7 Å². The lowest BCUT2D eigenvalue weighted by Crippen LogP contribution is -2.25. The highest BCUT2D eigenvalue weighted by molar-refractivity contribution is 6.19. The van der Waals surface area contributed by atoms with Gasteiger partial charge in [-0.1, -0.05) is 323 Å². The molecule has 0 saturated heterocycles. The molecular formula is C114H103NO2. The molecule has 14 aromatic carbocycles. The molecule has 0 bridgehead atoms. The van der Waals surface area contributed by atoms with E-state index >= 15 is 0 Å². The van der Waals surface area contributed by atoms with E-state index in [2.05, 4.69) is 349 Å². The zero-order valence-electron chi connectivity index (χ0n) is 70.1. The van der Waals surface area contributed by atoms with Gasteiger partial charge in [-0.15, -0.1) is 0 Å². The van der Waals surface area contributed by atoms with Crippen LogP contribution in [0.5, 0.6) is 0 Å². The Bertz CT molecular complexity index is 6870. The molecule has 6 aliphatic carbocycles. The molecule has 16 aromatic rings. The van der Waals surface area contributed by atoms with Crippen molar-refractivity contribution in [1.29, 1.82) is 0 Å². The standard InChI is InChI=1S/C114H103NO2/c1-13-15-17-19-29-58-114(59-30-20-18-16-14-2)88-37-26-21-32-75(88)78-53-48-72(62-97(78)114)71-47-52-77-76-51-46-70(60-91(76)111(7,8)92(77)61-71)68-42-44-69(45-43-68)84-65-98-104(107-83-35-24-28-41-101(83)117-108(84)107)81-55-50-74(64-94(81)113(98,11)12)115(99-39-31-38-89-103(99)80-33-22-25-36-87(80)109(89,3)4)73-49-54-79-85-66-96-86(67-95(85)112(9,10)93(79)63-73)105-90(110(96,5)6)56-57-102-106(105)82-34-23-27-40-100(82)116-102/h21-28,31-57,60-67H,13-20,29-30,58-59H2,1-12H3. The first-order valence-corrected chi connectivity index (χ1v) is 43.8. The van der Waals surface area contributed by atoms with Crippen molar-refractivity contribution >= 4 is 60.9 Å². The summed E-state index contributed by atoms with van der Waals surface area (Å²) in [6.45, 7) is 29.0. The topological polar surface area (TPSA) is 29.5 Å². The summed E-state index contributed by atoms with van der Waals surface area (Å²) < 4.78 is 13.8. The average molecular weight is 1520 g/mol. The number of unbranched alkanes of at least 4 members (excludes halogenated alkanes) is 8. The van der Waals surface area contributed by atoms with Crippen molar-refractivity contribution in [1.82, 2.24) is 0 Å². The highest BCUT2D eigenvalue weighted by Crippen LogP contribution is 2.64. The molecule has 0 saturated carbocycles. The molecule has 0 fully saturated rings. The maximum absolute atomic E-state index is 7.20. The first-order chi connectivity index (χ1) is 56.7. The van der Waals surface area contributed by atoms with E-state index in [0.29, 0.717) is 0 Å². The van der Waals surface area contributed by atoms with E-state index in [1.54, 1.807) is 11.1 Å². The fourth-order valence-corrected chi connectivity index (χ4v) is 23.5. The van der Waals surface area contributed by atoms with Crippen LogP contribution in [-0.4, -0.2) is 0 Å². The Balaban J connectivity index is 0.611. The number of benzene rings is 14. The van der Waals surface area contributed by atoms with Crippen LogP contribution in [-0.2, 0) is 32.5 Å². The molecule has 0 spiro atoms. The Kier molecular flexibility index (Phi) is 16.0. The van der Waals surface area contributed by atoms with Crippen LogP contribution in [0, 0.1) is 0 Å². The summed E-state index contributed by atoms with van der Waals surface area (Å²) in [6.07, 6.45) is 15.5. The second kappa shape index (κ2) is 26.0. The van der Waals surface area contributed by atoms with E-state index in [-0.39, 0.29) is 27.1 Å². The molecule has 0 aliphatic heterocycles. The molecule has 3 nitrogen and oxygen atoms in total. The van der Waals surface area contributed by atoms with E-state index in [1.165, 1.54) is 244 Å². The van der Waals surface area contributed by atoms with Gasteiger partial charge in [0.05, 0.1) is 5.69 Å². The van der Waals surface area contributed by atoms with E-state index in [1.807, 2.05) is 0 Å². The monoisotopic (exact) mass is 1520 g/mol. The van der Waals surface area contributed by atoms with Gasteiger partial charge in [0.1, 0.15) is 22.3 Å². The Hall–Kier alpha value is -11.5. The molecule has 2 aromatic heterocycles. The first-order valence-electron chi connectivity index (χ1n) is 43.8. The van der Waals surface area contributed by atoms with Gasteiger partial charge in [-0.05, 0) is 254 Å². The minimum Gasteiger partial charge on any atom is -0.456 e. The third kappa shape index (κ3) is 10.3. The third-order valence-electron chi connectivity index (χ3n) is 29.8. The fraction of sp³-hybridized carbons (Fsp3) is 0.263. The third-order valence-corrected chi connectivity index (χ3v) is 29.8. The molecule has 6 aliphatic rings. The molecule has 117 heavy (non-hydrogen) atoms. The van der Waals surface area contributed by atoms with Gasteiger partial charge in [0.15, 0.2) is 0 Å². The van der Waals surface area contributed by atoms with Crippen molar-refractivity contribution in [3.8, 4) is 100 Å². The summed E-state index contributed by atoms with van der Waals surface area (Å²) in [6, 6.07) is 101. The highest BCUT2D eigenvalue weighted by atomic mass is 16.3. The number of rotatable bonds is 18. The summed E-state index contributed by atoms with van der Waals surface area (Å²) in [5, 5.41) is 4.72. The van der Waals surface area contributed by atoms with Gasteiger partial charge >= 0.3 is 0 Å². The van der Waals surface area contributed by atoms with E-state index in [0.717, 1.165) is 50.2 Å². The van der Waals surface area contributed by atoms with Crippen LogP contribution in [0.4, 0.5) is 17.1 Å². The SMILES string of the molecule is CCCCCCCC1(CCCCCCC)c2ccccc2-c2ccc(-c3ccc4c(c3)C(C)(C)c3cc(-c5ccc(-c6cc7c(c8c6oc6ccccc68)-c6ccc(N(c8ccc9c(c8)C(C)(C)c8cc%10c(cc8-9)C(C)(C)c8ccc9oc%11ccccc%11c9c8-%10)c8cccc9c8-c8ccccc8C9(C)C)cc6C7(C)C)cc5)ccc3-4)cc21. The van der Waals surface area contributed by atoms with E-state index in [4.69, 9.17) is 8.83 Å². The van der Waals surface area contributed by atoms with Crippen molar-refractivity contribution in [2.75, 3.05) is 4.90 Å². The molecule has 0 radical (unpaired) electrons. The van der Waals surface area contributed by atoms with Crippen LogP contribution >= 0.6 is 0 Å². The average Bonchev–Trinajstić information content (AvgIpc) is 1.53. The Morgan fingerprint density at radius 1 is 0.248 bits per heavy atom. The van der Waals surface area contributed by atoms with Crippen LogP contribution in [0.3, 0.4) is 0 Å². The van der Waals surface area contributed by atoms with Crippen molar-refractivity contribution < 1.29 is 8.83 Å². The second-order valence-corrected chi connectivity index (χ2v) is 38.0. The molecule has 0 amide bonds. The van der Waals surface area contributed by atoms with Crippen LogP contribution in [0.2, 0.25) is 0 Å². The molecule has 0 atom stereocenters. The van der Waals surface area contributed by atoms with Gasteiger partial charge in [-0.25, -0.2) is 0 Å². The molecule has 576 valence electrons. The maximum atomic E-state index is 7.20. The number of furan rings is 2. The Labute approximate surface area is 690 Å². The Morgan fingerprint density at radius 3 is 1.33 bits per heavy atom. The van der Waals surface area contributed by atoms with Crippen molar-refractivity contribution in [3.05, 3.63) is 328 Å². The van der Waals surface area contributed by atoms with Gasteiger partial charge in [0.25, 0.3) is 0 Å². The maximum Gasteiger partial charge on any atom is 0.143 e. The normalized spacial score (nSPS) is 16.0. The van der Waals surface area contributed by atoms with Crippen molar-refractivity contribution in [3.63, 3.8) is 0 Å². The van der Waals surface area contributed by atoms with Crippen LogP contribution in [0.15, 0.2) is 270 Å². The number of fused-ring (bicyclic) bond motifs is 26. The number of anilines is 3. The van der Waals surface area contributed by atoms with Gasteiger partial charge in [-0.3, -0.25) is 0 Å². The predicted molar refractivity (Wildman–Crippen MR) is 493 cm³/mol. The van der Waals surface area contributed by atoms with Crippen LogP contribution in [0.1, 0.15) is 227 Å². The molecular weight excluding hydrogens is 1420 g/mol. The molecule has 0 unspecified atom stereocenters. The summed E-state index contributed by atoms with van der Waals surface area (Å²) in [7, 11) is 0. The summed E-state index contributed by atoms with van der Waals surface area (Å²) in [5.74, 6) is 0. The lowest BCUT2D eigenvalue weighted by molar-refractivity contribution is 0.399. The fourth-order valence-electron chi connectivity index (χ4n) is 23.5. The summed E-state index contributed by atoms with van der Waals surface area (Å²) in [5.41, 5.74) is 45.9. The zero-order chi connectivity index (χ0) is 79.6. The lowest BCUT2D eigenvalue weighted by Gasteiger charge is -2.33. The van der Waals surface area contributed by atoms with Crippen LogP contribution < -0.4 is 4.90 Å².